The standard InChI is InChI=1S/C22H19BrF3NO3/c23-14-6-4-13(5-7-14)18-19(29)15-8-9-17(28)16(12-27-10-2-1-3-11-27)20(15)30-21(18)22(24,25)26/h4-9,28H,1-3,10-12H2. The number of likely N-dealkylation sites (tertiary alicyclic amines) is 1. The molecule has 0 spiro atoms. The third-order valence-electron chi connectivity index (χ3n) is 5.36. The van der Waals surface area contributed by atoms with E-state index in [4.69, 9.17) is 4.42 Å². The van der Waals surface area contributed by atoms with Gasteiger partial charge in [0.15, 0.2) is 0 Å². The number of phenols is 1. The highest BCUT2D eigenvalue weighted by atomic mass is 79.9. The van der Waals surface area contributed by atoms with Crippen LogP contribution in [-0.4, -0.2) is 23.1 Å². The van der Waals surface area contributed by atoms with Crippen molar-refractivity contribution in [3.63, 3.8) is 0 Å². The van der Waals surface area contributed by atoms with Crippen LogP contribution in [0.2, 0.25) is 0 Å². The van der Waals surface area contributed by atoms with E-state index >= 15 is 0 Å². The number of nitrogens with zero attached hydrogens (tertiary/aromatic N) is 1. The zero-order valence-electron chi connectivity index (χ0n) is 15.9. The van der Waals surface area contributed by atoms with E-state index in [-0.39, 0.29) is 34.4 Å². The summed E-state index contributed by atoms with van der Waals surface area (Å²) in [6.07, 6.45) is -1.81. The van der Waals surface area contributed by atoms with Crippen LogP contribution < -0.4 is 5.43 Å². The summed E-state index contributed by atoms with van der Waals surface area (Å²) >= 11 is 3.24. The molecule has 1 aromatic heterocycles. The number of rotatable bonds is 3. The Balaban J connectivity index is 1.96. The fourth-order valence-electron chi connectivity index (χ4n) is 3.88. The van der Waals surface area contributed by atoms with E-state index in [2.05, 4.69) is 15.9 Å². The average Bonchev–Trinajstić information content (AvgIpc) is 2.71. The van der Waals surface area contributed by atoms with Gasteiger partial charge < -0.3 is 9.52 Å². The molecule has 2 heterocycles. The summed E-state index contributed by atoms with van der Waals surface area (Å²) in [4.78, 5) is 15.2. The van der Waals surface area contributed by atoms with Gasteiger partial charge in [0.2, 0.25) is 11.2 Å². The van der Waals surface area contributed by atoms with Gasteiger partial charge in [-0.1, -0.05) is 34.5 Å². The molecule has 8 heteroatoms. The minimum absolute atomic E-state index is 0.0192. The van der Waals surface area contributed by atoms with Crippen molar-refractivity contribution in [2.75, 3.05) is 13.1 Å². The molecule has 4 nitrogen and oxygen atoms in total. The normalized spacial score (nSPS) is 15.6. The van der Waals surface area contributed by atoms with E-state index in [1.54, 1.807) is 12.1 Å². The quantitative estimate of drug-likeness (QED) is 0.503. The summed E-state index contributed by atoms with van der Waals surface area (Å²) in [6.45, 7) is 1.79. The van der Waals surface area contributed by atoms with Gasteiger partial charge in [-0.05, 0) is 55.8 Å². The van der Waals surface area contributed by atoms with Crippen LogP contribution in [0.1, 0.15) is 30.6 Å². The molecule has 3 aromatic rings. The zero-order valence-corrected chi connectivity index (χ0v) is 17.5. The lowest BCUT2D eigenvalue weighted by Crippen LogP contribution is -2.29. The number of phenolic OH excluding ortho intramolecular Hbond substituents is 1. The highest BCUT2D eigenvalue weighted by Gasteiger charge is 2.39. The number of hydrogen-bond acceptors (Lipinski definition) is 4. The van der Waals surface area contributed by atoms with Crippen molar-refractivity contribution < 1.29 is 22.7 Å². The second kappa shape index (κ2) is 8.07. The number of alkyl halides is 3. The summed E-state index contributed by atoms with van der Waals surface area (Å²) in [6, 6.07) is 8.67. The molecule has 0 unspecified atom stereocenters. The van der Waals surface area contributed by atoms with Crippen LogP contribution in [0.25, 0.3) is 22.1 Å². The van der Waals surface area contributed by atoms with Crippen molar-refractivity contribution in [3.05, 3.63) is 62.4 Å². The van der Waals surface area contributed by atoms with Crippen LogP contribution in [0.15, 0.2) is 50.1 Å². The molecular weight excluding hydrogens is 463 g/mol. The van der Waals surface area contributed by atoms with Gasteiger partial charge in [-0.25, -0.2) is 0 Å². The number of halogens is 4. The third kappa shape index (κ3) is 3.98. The molecule has 0 radical (unpaired) electrons. The fraction of sp³-hybridized carbons (Fsp3) is 0.318. The number of aromatic hydroxyl groups is 1. The smallest absolute Gasteiger partial charge is 0.450 e. The Hall–Kier alpha value is -2.32. The first kappa shape index (κ1) is 20.9. The monoisotopic (exact) mass is 481 g/mol. The summed E-state index contributed by atoms with van der Waals surface area (Å²) in [5, 5.41) is 10.4. The van der Waals surface area contributed by atoms with Crippen LogP contribution in [0.5, 0.6) is 5.75 Å². The lowest BCUT2D eigenvalue weighted by atomic mass is 10.00. The molecule has 0 saturated carbocycles. The lowest BCUT2D eigenvalue weighted by Gasteiger charge is -2.27. The third-order valence-corrected chi connectivity index (χ3v) is 5.89. The van der Waals surface area contributed by atoms with Crippen molar-refractivity contribution in [1.82, 2.24) is 4.90 Å². The number of hydrogen-bond donors (Lipinski definition) is 1. The molecule has 0 amide bonds. The van der Waals surface area contributed by atoms with Crippen molar-refractivity contribution >= 4 is 26.9 Å². The number of fused-ring (bicyclic) bond motifs is 1. The van der Waals surface area contributed by atoms with Gasteiger partial charge in [-0.3, -0.25) is 9.69 Å². The molecule has 4 rings (SSSR count). The second-order valence-corrected chi connectivity index (χ2v) is 8.33. The van der Waals surface area contributed by atoms with Crippen molar-refractivity contribution in [2.45, 2.75) is 32.0 Å². The Labute approximate surface area is 179 Å². The SMILES string of the molecule is O=c1c(-c2ccc(Br)cc2)c(C(F)(F)F)oc2c(CN3CCCCC3)c(O)ccc12. The maximum Gasteiger partial charge on any atom is 0.450 e. The van der Waals surface area contributed by atoms with E-state index in [0.717, 1.165) is 32.4 Å². The first-order valence-corrected chi connectivity index (χ1v) is 10.4. The van der Waals surface area contributed by atoms with E-state index in [1.165, 1.54) is 24.3 Å². The van der Waals surface area contributed by atoms with Gasteiger partial charge in [0.1, 0.15) is 11.3 Å². The van der Waals surface area contributed by atoms with E-state index in [0.29, 0.717) is 4.47 Å². The van der Waals surface area contributed by atoms with E-state index < -0.39 is 22.9 Å². The second-order valence-electron chi connectivity index (χ2n) is 7.42. The maximum absolute atomic E-state index is 13.9. The minimum atomic E-state index is -4.87. The van der Waals surface area contributed by atoms with Crippen LogP contribution in [-0.2, 0) is 12.7 Å². The topological polar surface area (TPSA) is 53.7 Å². The fourth-order valence-corrected chi connectivity index (χ4v) is 4.14. The summed E-state index contributed by atoms with van der Waals surface area (Å²) in [5.74, 6) is -1.53. The molecule has 158 valence electrons. The largest absolute Gasteiger partial charge is 0.507 e. The molecule has 0 bridgehead atoms. The molecule has 1 aliphatic rings. The molecule has 1 aliphatic heterocycles. The molecule has 0 aliphatic carbocycles. The Morgan fingerprint density at radius 3 is 2.33 bits per heavy atom. The van der Waals surface area contributed by atoms with Gasteiger partial charge >= 0.3 is 6.18 Å². The molecule has 0 atom stereocenters. The zero-order chi connectivity index (χ0) is 21.5. The first-order chi connectivity index (χ1) is 14.3. The van der Waals surface area contributed by atoms with Crippen LogP contribution in [0, 0.1) is 0 Å². The van der Waals surface area contributed by atoms with Gasteiger partial charge in [0.25, 0.3) is 0 Å². The summed E-state index contributed by atoms with van der Waals surface area (Å²) in [5.41, 5.74) is -1.19. The summed E-state index contributed by atoms with van der Waals surface area (Å²) < 4.78 is 47.7. The maximum atomic E-state index is 13.9. The molecule has 2 aromatic carbocycles. The average molecular weight is 482 g/mol. The Morgan fingerprint density at radius 1 is 1.03 bits per heavy atom. The molecule has 1 N–H and O–H groups in total. The molecule has 1 saturated heterocycles. The lowest BCUT2D eigenvalue weighted by molar-refractivity contribution is -0.152. The molecular formula is C22H19BrF3NO3. The molecule has 30 heavy (non-hydrogen) atoms. The number of benzene rings is 2. The van der Waals surface area contributed by atoms with E-state index in [9.17, 15) is 23.1 Å². The van der Waals surface area contributed by atoms with Gasteiger partial charge in [0, 0.05) is 11.0 Å². The highest BCUT2D eigenvalue weighted by molar-refractivity contribution is 9.10. The Morgan fingerprint density at radius 2 is 1.70 bits per heavy atom. The highest BCUT2D eigenvalue weighted by Crippen LogP contribution is 2.39. The molecule has 1 fully saturated rings. The van der Waals surface area contributed by atoms with Crippen LogP contribution in [0.3, 0.4) is 0 Å². The van der Waals surface area contributed by atoms with Gasteiger partial charge in [-0.2, -0.15) is 13.2 Å². The predicted molar refractivity (Wildman–Crippen MR) is 111 cm³/mol. The summed E-state index contributed by atoms with van der Waals surface area (Å²) in [7, 11) is 0. The van der Waals surface area contributed by atoms with Crippen molar-refractivity contribution in [1.29, 1.82) is 0 Å². The minimum Gasteiger partial charge on any atom is -0.507 e. The Bertz CT molecular complexity index is 1130. The predicted octanol–water partition coefficient (Wildman–Crippen LogP) is 5.93. The van der Waals surface area contributed by atoms with Crippen molar-refractivity contribution in [3.8, 4) is 16.9 Å². The van der Waals surface area contributed by atoms with Gasteiger partial charge in [-0.15, -0.1) is 0 Å². The van der Waals surface area contributed by atoms with Crippen LogP contribution >= 0.6 is 15.9 Å². The van der Waals surface area contributed by atoms with Gasteiger partial charge in [0.05, 0.1) is 16.5 Å². The van der Waals surface area contributed by atoms with E-state index in [1.807, 2.05) is 4.90 Å². The Kier molecular flexibility index (Phi) is 5.63. The van der Waals surface area contributed by atoms with Crippen molar-refractivity contribution in [2.24, 2.45) is 0 Å². The number of piperidine rings is 1. The first-order valence-electron chi connectivity index (χ1n) is 9.63. The van der Waals surface area contributed by atoms with Crippen LogP contribution in [0.4, 0.5) is 13.2 Å².